The summed E-state index contributed by atoms with van der Waals surface area (Å²) in [7, 11) is 0. The Labute approximate surface area is 166 Å². The van der Waals surface area contributed by atoms with Gasteiger partial charge in [-0.3, -0.25) is 4.79 Å². The van der Waals surface area contributed by atoms with Gasteiger partial charge in [-0.15, -0.1) is 0 Å². The summed E-state index contributed by atoms with van der Waals surface area (Å²) < 4.78 is 35.2. The van der Waals surface area contributed by atoms with Crippen LogP contribution in [0.2, 0.25) is 0 Å². The molecule has 1 N–H and O–H groups in total. The Hall–Kier alpha value is -2.77. The number of fused-ring (bicyclic) bond motifs is 1. The largest absolute Gasteiger partial charge is 0.361 e. The lowest BCUT2D eigenvalue weighted by Gasteiger charge is -2.20. The van der Waals surface area contributed by atoms with Crippen molar-refractivity contribution in [2.24, 2.45) is 0 Å². The summed E-state index contributed by atoms with van der Waals surface area (Å²) in [5.74, 6) is -1.29. The molecule has 152 valence electrons. The minimum atomic E-state index is -2.66. The van der Waals surface area contributed by atoms with Crippen LogP contribution >= 0.6 is 0 Å². The lowest BCUT2D eigenvalue weighted by molar-refractivity contribution is -0.119. The van der Waals surface area contributed by atoms with E-state index in [1.54, 1.807) is 0 Å². The fraction of sp³-hybridized carbons (Fsp3) is 0.476. The van der Waals surface area contributed by atoms with E-state index in [1.165, 1.54) is 0 Å². The Morgan fingerprint density at radius 1 is 1.28 bits per heavy atom. The third-order valence-electron chi connectivity index (χ3n) is 6.09. The number of hydrogen-bond donors (Lipinski definition) is 1. The van der Waals surface area contributed by atoms with Crippen molar-refractivity contribution in [2.75, 3.05) is 0 Å². The zero-order valence-electron chi connectivity index (χ0n) is 16.3. The van der Waals surface area contributed by atoms with Gasteiger partial charge in [-0.25, -0.2) is 13.8 Å². The molecule has 0 bridgehead atoms. The maximum Gasteiger partial charge on any atom is 0.250 e. The van der Waals surface area contributed by atoms with E-state index in [4.69, 9.17) is 9.51 Å². The molecule has 0 radical (unpaired) electrons. The molecule has 3 heterocycles. The van der Waals surface area contributed by atoms with Crippen LogP contribution < -0.4 is 5.32 Å². The molecule has 3 aromatic rings. The van der Waals surface area contributed by atoms with Crippen molar-refractivity contribution in [1.82, 2.24) is 20.0 Å². The van der Waals surface area contributed by atoms with E-state index in [9.17, 15) is 13.6 Å². The summed E-state index contributed by atoms with van der Waals surface area (Å²) >= 11 is 0. The molecular weight excluding hydrogens is 378 g/mol. The van der Waals surface area contributed by atoms with Crippen LogP contribution in [0.3, 0.4) is 0 Å². The number of nitrogens with one attached hydrogen (secondary N) is 1. The number of benzene rings is 1. The standard InChI is InChI=1S/C21H22F2N4O2/c1-11-19(12(2)29-26-11)13-3-5-17-16(9-13)25-20(15-4-6-18(28)24-15)27(17)14-7-8-21(22,23)10-14/h3,5,9,14-15H,4,6-8,10H2,1-2H3,(H,24,28)/t14-,15+/m1/s1. The van der Waals surface area contributed by atoms with Crippen molar-refractivity contribution in [3.05, 3.63) is 35.5 Å². The zero-order chi connectivity index (χ0) is 20.3. The summed E-state index contributed by atoms with van der Waals surface area (Å²) in [6.07, 6.45) is 1.14. The topological polar surface area (TPSA) is 72.9 Å². The first-order valence-corrected chi connectivity index (χ1v) is 9.95. The number of carbonyl (C=O) groups is 1. The summed E-state index contributed by atoms with van der Waals surface area (Å²) in [5.41, 5.74) is 4.19. The van der Waals surface area contributed by atoms with Crippen LogP contribution in [0.5, 0.6) is 0 Å². The maximum absolute atomic E-state index is 14.0. The Balaban J connectivity index is 1.65. The molecule has 5 rings (SSSR count). The van der Waals surface area contributed by atoms with E-state index in [-0.39, 0.29) is 30.8 Å². The van der Waals surface area contributed by atoms with Gasteiger partial charge in [0.2, 0.25) is 11.8 Å². The number of imidazole rings is 1. The lowest BCUT2D eigenvalue weighted by atomic mass is 10.0. The smallest absolute Gasteiger partial charge is 0.250 e. The van der Waals surface area contributed by atoms with Crippen molar-refractivity contribution < 1.29 is 18.1 Å². The van der Waals surface area contributed by atoms with Gasteiger partial charge >= 0.3 is 0 Å². The van der Waals surface area contributed by atoms with Crippen molar-refractivity contribution in [3.63, 3.8) is 0 Å². The molecule has 1 aromatic carbocycles. The molecule has 1 saturated heterocycles. The molecule has 2 aliphatic rings. The number of aromatic nitrogens is 3. The number of hydrogen-bond acceptors (Lipinski definition) is 4. The second kappa shape index (κ2) is 6.37. The fourth-order valence-corrected chi connectivity index (χ4v) is 4.75. The van der Waals surface area contributed by atoms with E-state index >= 15 is 0 Å². The molecule has 2 fully saturated rings. The third-order valence-corrected chi connectivity index (χ3v) is 6.09. The zero-order valence-corrected chi connectivity index (χ0v) is 16.3. The highest BCUT2D eigenvalue weighted by Crippen LogP contribution is 2.44. The highest BCUT2D eigenvalue weighted by molar-refractivity contribution is 5.84. The van der Waals surface area contributed by atoms with Crippen LogP contribution in [-0.2, 0) is 4.79 Å². The van der Waals surface area contributed by atoms with Crippen molar-refractivity contribution in [1.29, 1.82) is 0 Å². The molecule has 2 aromatic heterocycles. The van der Waals surface area contributed by atoms with Gasteiger partial charge < -0.3 is 14.4 Å². The van der Waals surface area contributed by atoms with Crippen molar-refractivity contribution in [3.8, 4) is 11.1 Å². The van der Waals surface area contributed by atoms with E-state index in [0.717, 1.165) is 33.6 Å². The van der Waals surface area contributed by atoms with Crippen molar-refractivity contribution in [2.45, 2.75) is 64.0 Å². The molecule has 0 spiro atoms. The van der Waals surface area contributed by atoms with Crippen LogP contribution in [0, 0.1) is 13.8 Å². The number of halogens is 2. The van der Waals surface area contributed by atoms with Gasteiger partial charge in [0, 0.05) is 30.9 Å². The first-order valence-electron chi connectivity index (χ1n) is 9.95. The number of nitrogens with zero attached hydrogens (tertiary/aromatic N) is 3. The number of alkyl halides is 2. The quantitative estimate of drug-likeness (QED) is 0.696. The van der Waals surface area contributed by atoms with Gasteiger partial charge in [-0.1, -0.05) is 11.2 Å². The van der Waals surface area contributed by atoms with Gasteiger partial charge in [-0.2, -0.15) is 0 Å². The summed E-state index contributed by atoms with van der Waals surface area (Å²) in [5, 5.41) is 6.96. The van der Waals surface area contributed by atoms with Gasteiger partial charge in [0.05, 0.1) is 22.8 Å². The second-order valence-electron chi connectivity index (χ2n) is 8.15. The average molecular weight is 400 g/mol. The van der Waals surface area contributed by atoms with Crippen LogP contribution in [0.1, 0.15) is 61.5 Å². The second-order valence-corrected chi connectivity index (χ2v) is 8.15. The molecule has 1 saturated carbocycles. The van der Waals surface area contributed by atoms with E-state index in [1.807, 2.05) is 36.6 Å². The Morgan fingerprint density at radius 3 is 2.72 bits per heavy atom. The minimum absolute atomic E-state index is 0.0261. The Kier molecular flexibility index (Phi) is 4.01. The number of rotatable bonds is 3. The van der Waals surface area contributed by atoms with Crippen LogP contribution in [0.25, 0.3) is 22.2 Å². The summed E-state index contributed by atoms with van der Waals surface area (Å²) in [4.78, 5) is 16.6. The highest BCUT2D eigenvalue weighted by atomic mass is 19.3. The molecule has 29 heavy (non-hydrogen) atoms. The molecule has 1 aliphatic heterocycles. The molecule has 6 nitrogen and oxygen atoms in total. The molecule has 2 atom stereocenters. The van der Waals surface area contributed by atoms with Crippen LogP contribution in [-0.4, -0.2) is 26.5 Å². The maximum atomic E-state index is 14.0. The van der Waals surface area contributed by atoms with E-state index < -0.39 is 5.92 Å². The average Bonchev–Trinajstić information content (AvgIpc) is 3.41. The molecule has 1 amide bonds. The number of carbonyl (C=O) groups excluding carboxylic acids is 1. The minimum Gasteiger partial charge on any atom is -0.361 e. The fourth-order valence-electron chi connectivity index (χ4n) is 4.75. The van der Waals surface area contributed by atoms with E-state index in [2.05, 4.69) is 10.5 Å². The van der Waals surface area contributed by atoms with Gasteiger partial charge in [0.15, 0.2) is 0 Å². The monoisotopic (exact) mass is 400 g/mol. The SMILES string of the molecule is Cc1noc(C)c1-c1ccc2c(c1)nc([C@@H]1CCC(=O)N1)n2[C@@H]1CCC(F)(F)C1. The first kappa shape index (κ1) is 18.3. The molecule has 8 heteroatoms. The predicted octanol–water partition coefficient (Wildman–Crippen LogP) is 4.62. The first-order chi connectivity index (χ1) is 13.8. The Bertz CT molecular complexity index is 1100. The molecule has 0 unspecified atom stereocenters. The Morgan fingerprint density at radius 2 is 2.10 bits per heavy atom. The number of amides is 1. The molecular formula is C21H22F2N4O2. The summed E-state index contributed by atoms with van der Waals surface area (Å²) in [6.45, 7) is 3.74. The number of aryl methyl sites for hydroxylation is 2. The normalized spacial score (nSPS) is 23.8. The molecule has 1 aliphatic carbocycles. The third kappa shape index (κ3) is 3.01. The lowest BCUT2D eigenvalue weighted by Crippen LogP contribution is -2.23. The van der Waals surface area contributed by atoms with E-state index in [0.29, 0.717) is 25.1 Å². The predicted molar refractivity (Wildman–Crippen MR) is 103 cm³/mol. The highest BCUT2D eigenvalue weighted by Gasteiger charge is 2.42. The van der Waals surface area contributed by atoms with Crippen molar-refractivity contribution >= 4 is 16.9 Å². The van der Waals surface area contributed by atoms with Gasteiger partial charge in [0.25, 0.3) is 0 Å². The van der Waals surface area contributed by atoms with Crippen LogP contribution in [0.15, 0.2) is 22.7 Å². The van der Waals surface area contributed by atoms with Gasteiger partial charge in [-0.05, 0) is 44.4 Å². The summed E-state index contributed by atoms with van der Waals surface area (Å²) in [6, 6.07) is 5.27. The van der Waals surface area contributed by atoms with Crippen LogP contribution in [0.4, 0.5) is 8.78 Å². The van der Waals surface area contributed by atoms with Gasteiger partial charge in [0.1, 0.15) is 11.6 Å².